The fourth-order valence-corrected chi connectivity index (χ4v) is 7.81. The molecule has 3 atom stereocenters. The topological polar surface area (TPSA) is 71.9 Å². The van der Waals surface area contributed by atoms with E-state index >= 15 is 0 Å². The van der Waals surface area contributed by atoms with Gasteiger partial charge in [-0.25, -0.2) is 4.79 Å². The lowest BCUT2D eigenvalue weighted by Gasteiger charge is -2.31. The Hall–Kier alpha value is -2.44. The summed E-state index contributed by atoms with van der Waals surface area (Å²) in [6.45, 7) is 49.0. The Balaban J connectivity index is -0.000000684. The van der Waals surface area contributed by atoms with Crippen LogP contribution in [0, 0.1) is 45.8 Å². The highest BCUT2D eigenvalue weighted by Crippen LogP contribution is 2.56. The zero-order valence-corrected chi connectivity index (χ0v) is 45.4. The fourth-order valence-electron chi connectivity index (χ4n) is 7.81. The quantitative estimate of drug-likeness (QED) is 0.286. The average Bonchev–Trinajstić information content (AvgIpc) is 4.08. The molecule has 1 aromatic carbocycles. The van der Waals surface area contributed by atoms with E-state index < -0.39 is 0 Å². The molecule has 2 fully saturated rings. The predicted octanol–water partition coefficient (Wildman–Crippen LogP) is 16.5. The van der Waals surface area contributed by atoms with E-state index in [0.29, 0.717) is 34.7 Å². The van der Waals surface area contributed by atoms with Crippen molar-refractivity contribution < 1.29 is 19.4 Å². The highest BCUT2D eigenvalue weighted by atomic mass is 16.6. The van der Waals surface area contributed by atoms with E-state index in [0.717, 1.165) is 36.5 Å². The van der Waals surface area contributed by atoms with E-state index in [-0.39, 0.29) is 36.0 Å². The molecule has 3 unspecified atom stereocenters. The number of rotatable bonds is 8. The van der Waals surface area contributed by atoms with Crippen molar-refractivity contribution in [2.45, 2.75) is 221 Å². The minimum Gasteiger partial charge on any atom is -0.450 e. The average molecular weight is 886 g/mol. The number of benzene rings is 1. The van der Waals surface area contributed by atoms with E-state index in [9.17, 15) is 9.90 Å². The molecule has 63 heavy (non-hydrogen) atoms. The number of hydrogen-bond donors (Lipinski definition) is 1. The normalized spacial score (nSPS) is 15.5. The number of hydrogen-bond acceptors (Lipinski definition) is 5. The number of aliphatic hydroxyl groups is 1. The minimum absolute atomic E-state index is 0. The van der Waals surface area contributed by atoms with Gasteiger partial charge in [-0.1, -0.05) is 174 Å². The van der Waals surface area contributed by atoms with Crippen LogP contribution in [0.3, 0.4) is 0 Å². The number of carbonyl (C=O) groups excluding carboxylic acids is 1. The molecule has 370 valence electrons. The summed E-state index contributed by atoms with van der Waals surface area (Å²) in [7, 11) is 3.51. The van der Waals surface area contributed by atoms with Crippen LogP contribution in [0.4, 0.5) is 4.79 Å². The SMILES string of the molecule is C.CC(C)(C)C(C1CC1)C1CC1.CC(C)(C)c1ccccc1.CC(C)(C)c1ccccn1.CCC(C(C)O)C(C)(C)C.CCC(COC)C(C)(C)C.CCOC(=O)N(C)C(C)(C)C. The largest absolute Gasteiger partial charge is 0.450 e. The van der Waals surface area contributed by atoms with Gasteiger partial charge < -0.3 is 19.5 Å². The van der Waals surface area contributed by atoms with Gasteiger partial charge in [0.2, 0.25) is 0 Å². The van der Waals surface area contributed by atoms with Gasteiger partial charge in [0.15, 0.2) is 0 Å². The van der Waals surface area contributed by atoms with E-state index in [1.165, 1.54) is 37.7 Å². The maximum atomic E-state index is 11.1. The number of ether oxygens (including phenoxy) is 2. The number of aromatic nitrogens is 1. The zero-order chi connectivity index (χ0) is 48.9. The van der Waals surface area contributed by atoms with Crippen molar-refractivity contribution in [3.05, 3.63) is 66.0 Å². The Bertz CT molecular complexity index is 1340. The van der Waals surface area contributed by atoms with E-state index in [4.69, 9.17) is 9.47 Å². The van der Waals surface area contributed by atoms with Gasteiger partial charge in [0.1, 0.15) is 0 Å². The van der Waals surface area contributed by atoms with Crippen LogP contribution in [-0.4, -0.2) is 60.1 Å². The zero-order valence-electron chi connectivity index (χ0n) is 45.4. The van der Waals surface area contributed by atoms with Crippen LogP contribution < -0.4 is 0 Å². The van der Waals surface area contributed by atoms with Crippen molar-refractivity contribution in [2.24, 2.45) is 45.8 Å². The summed E-state index contributed by atoms with van der Waals surface area (Å²) in [5.41, 5.74) is 4.08. The standard InChI is InChI=1S/C11H20.C10H14.C9H13N.2C9H20O.C8H17NO2.CH4/c1-11(2,3)10(8-4-5-8)9-6-7-9;1-10(2,3)9-7-5-4-6-8-9;1-9(2,3)8-6-4-5-7-10-8;1-6-8(7-10-5)9(2,3)4;1-6-8(7(2)10)9(3,4)5;1-6-11-7(10)9(5)8(2,3)4;/h8-10H,4-7H2,1-3H3;4-8H,1-3H3;4-7H,1-3H3;8H,6-7H2,1-5H3;7-8,10H,6H2,1-5H3;6H2,1-5H3;1H4. The van der Waals surface area contributed by atoms with Crippen LogP contribution in [0.15, 0.2) is 54.7 Å². The van der Waals surface area contributed by atoms with Gasteiger partial charge in [-0.15, -0.1) is 0 Å². The summed E-state index contributed by atoms with van der Waals surface area (Å²) in [5, 5.41) is 9.35. The Morgan fingerprint density at radius 1 is 0.698 bits per heavy atom. The lowest BCUT2D eigenvalue weighted by Crippen LogP contribution is -2.42. The number of nitrogens with zero attached hydrogens (tertiary/aromatic N) is 2. The summed E-state index contributed by atoms with van der Waals surface area (Å²) in [5.74, 6) is 4.40. The van der Waals surface area contributed by atoms with Gasteiger partial charge in [-0.2, -0.15) is 0 Å². The summed E-state index contributed by atoms with van der Waals surface area (Å²) < 4.78 is 9.94. The first-order valence-electron chi connectivity index (χ1n) is 24.2. The molecule has 4 rings (SSSR count). The maximum Gasteiger partial charge on any atom is 0.409 e. The summed E-state index contributed by atoms with van der Waals surface area (Å²) in [4.78, 5) is 16.9. The second kappa shape index (κ2) is 29.3. The molecule has 2 aliphatic carbocycles. The third-order valence-electron chi connectivity index (χ3n) is 12.1. The van der Waals surface area contributed by atoms with Gasteiger partial charge in [0.05, 0.1) is 12.7 Å². The van der Waals surface area contributed by atoms with Crippen LogP contribution >= 0.6 is 0 Å². The molecule has 1 aromatic heterocycles. The van der Waals surface area contributed by atoms with Gasteiger partial charge in [0.25, 0.3) is 0 Å². The van der Waals surface area contributed by atoms with Crippen LogP contribution in [0.2, 0.25) is 0 Å². The van der Waals surface area contributed by atoms with Crippen molar-refractivity contribution in [3.8, 4) is 0 Å². The van der Waals surface area contributed by atoms with Crippen molar-refractivity contribution in [2.75, 3.05) is 27.4 Å². The Morgan fingerprint density at radius 2 is 1.16 bits per heavy atom. The van der Waals surface area contributed by atoms with E-state index in [1.807, 2.05) is 46.0 Å². The van der Waals surface area contributed by atoms with Gasteiger partial charge in [-0.3, -0.25) is 4.98 Å². The lowest BCUT2D eigenvalue weighted by molar-refractivity contribution is 0.0537. The highest BCUT2D eigenvalue weighted by Gasteiger charge is 2.46. The first-order valence-corrected chi connectivity index (χ1v) is 24.2. The third kappa shape index (κ3) is 29.7. The van der Waals surface area contributed by atoms with Gasteiger partial charge in [-0.05, 0) is 129 Å². The number of aliphatic hydroxyl groups excluding tert-OH is 1. The van der Waals surface area contributed by atoms with E-state index in [1.54, 1.807) is 26.0 Å². The molecule has 1 N–H and O–H groups in total. The van der Waals surface area contributed by atoms with Gasteiger partial charge in [0, 0.05) is 43.6 Å². The minimum atomic E-state index is -0.264. The molecule has 2 aliphatic rings. The Morgan fingerprint density at radius 3 is 1.35 bits per heavy atom. The maximum absolute atomic E-state index is 11.1. The fraction of sp³-hybridized carbons (Fsp3) is 0.789. The number of methoxy groups -OCH3 is 1. The molecule has 6 nitrogen and oxygen atoms in total. The third-order valence-corrected chi connectivity index (χ3v) is 12.1. The highest BCUT2D eigenvalue weighted by molar-refractivity contribution is 5.68. The molecule has 0 radical (unpaired) electrons. The predicted molar refractivity (Wildman–Crippen MR) is 278 cm³/mol. The number of carbonyl (C=O) groups is 1. The van der Waals surface area contributed by atoms with Crippen LogP contribution in [0.25, 0.3) is 0 Å². The molecule has 0 bridgehead atoms. The first kappa shape index (κ1) is 64.8. The van der Waals surface area contributed by atoms with Gasteiger partial charge >= 0.3 is 6.09 Å². The lowest BCUT2D eigenvalue weighted by atomic mass is 9.75. The molecule has 2 aromatic rings. The van der Waals surface area contributed by atoms with Crippen molar-refractivity contribution in [3.63, 3.8) is 0 Å². The Labute approximate surface area is 393 Å². The second-order valence-electron chi connectivity index (χ2n) is 24.1. The molecule has 2 saturated carbocycles. The van der Waals surface area contributed by atoms with Crippen molar-refractivity contribution in [1.82, 2.24) is 9.88 Å². The summed E-state index contributed by atoms with van der Waals surface area (Å²) >= 11 is 0. The molecule has 1 amide bonds. The molecule has 0 spiro atoms. The van der Waals surface area contributed by atoms with Crippen LogP contribution in [0.5, 0.6) is 0 Å². The molecule has 1 heterocycles. The van der Waals surface area contributed by atoms with E-state index in [2.05, 4.69) is 159 Å². The second-order valence-corrected chi connectivity index (χ2v) is 24.1. The van der Waals surface area contributed by atoms with Crippen molar-refractivity contribution >= 4 is 6.09 Å². The molecule has 0 saturated heterocycles. The molecule has 0 aliphatic heterocycles. The molecular formula is C57H108N2O4. The van der Waals surface area contributed by atoms with Crippen LogP contribution in [-0.2, 0) is 20.3 Å². The Kier molecular flexibility index (Phi) is 30.1. The molecule has 6 heteroatoms. The smallest absolute Gasteiger partial charge is 0.409 e. The first-order chi connectivity index (χ1) is 28.1. The molecular weight excluding hydrogens is 777 g/mol. The summed E-state index contributed by atoms with van der Waals surface area (Å²) in [6, 6.07) is 16.6. The number of pyridine rings is 1. The summed E-state index contributed by atoms with van der Waals surface area (Å²) in [6.07, 6.45) is 9.76. The van der Waals surface area contributed by atoms with Crippen molar-refractivity contribution in [1.29, 1.82) is 0 Å². The monoisotopic (exact) mass is 885 g/mol. The van der Waals surface area contributed by atoms with Crippen LogP contribution in [0.1, 0.15) is 210 Å². The number of amides is 1.